The van der Waals surface area contributed by atoms with Gasteiger partial charge in [0.1, 0.15) is 0 Å². The number of aryl methyl sites for hydroxylation is 2. The van der Waals surface area contributed by atoms with Crippen LogP contribution in [-0.2, 0) is 7.05 Å². The minimum absolute atomic E-state index is 0.225. The first-order valence-electron chi connectivity index (χ1n) is 5.61. The Kier molecular flexibility index (Phi) is 2.48. The first kappa shape index (κ1) is 11.3. The molecule has 0 saturated carbocycles. The van der Waals surface area contributed by atoms with Crippen molar-refractivity contribution in [2.45, 2.75) is 6.92 Å². The molecule has 0 atom stereocenters. The van der Waals surface area contributed by atoms with E-state index in [1.807, 2.05) is 20.0 Å². The van der Waals surface area contributed by atoms with Crippen LogP contribution in [0.4, 0.5) is 5.69 Å². The molecule has 0 radical (unpaired) electrons. The summed E-state index contributed by atoms with van der Waals surface area (Å²) < 4.78 is 1.70. The maximum Gasteiger partial charge on any atom is 0.277 e. The molecule has 0 saturated heterocycles. The van der Waals surface area contributed by atoms with Gasteiger partial charge in [0.25, 0.3) is 5.91 Å². The van der Waals surface area contributed by atoms with Crippen molar-refractivity contribution in [3.05, 3.63) is 29.8 Å². The number of nitrogens with one attached hydrogen (secondary N) is 2. The molecule has 8 heteroatoms. The van der Waals surface area contributed by atoms with E-state index >= 15 is 0 Å². The van der Waals surface area contributed by atoms with E-state index in [4.69, 9.17) is 0 Å². The Labute approximate surface area is 107 Å². The van der Waals surface area contributed by atoms with E-state index in [-0.39, 0.29) is 11.6 Å². The Hall–Kier alpha value is -2.77. The number of aromatic nitrogens is 6. The predicted molar refractivity (Wildman–Crippen MR) is 67.6 cm³/mol. The number of carbonyl (C=O) groups is 1. The third kappa shape index (κ3) is 1.92. The molecule has 0 spiro atoms. The van der Waals surface area contributed by atoms with Crippen LogP contribution in [0.2, 0.25) is 0 Å². The van der Waals surface area contributed by atoms with Gasteiger partial charge in [-0.05, 0) is 13.0 Å². The number of anilines is 1. The van der Waals surface area contributed by atoms with Gasteiger partial charge < -0.3 is 5.32 Å². The molecule has 3 heterocycles. The molecule has 1 amide bonds. The van der Waals surface area contributed by atoms with Gasteiger partial charge in [-0.15, -0.1) is 0 Å². The lowest BCUT2D eigenvalue weighted by molar-refractivity contribution is 0.102. The van der Waals surface area contributed by atoms with Gasteiger partial charge in [0.05, 0.1) is 23.8 Å². The number of hydrogen-bond donors (Lipinski definition) is 2. The highest BCUT2D eigenvalue weighted by molar-refractivity contribution is 6.03. The van der Waals surface area contributed by atoms with Crippen LogP contribution < -0.4 is 5.32 Å². The lowest BCUT2D eigenvalue weighted by atomic mass is 10.2. The Morgan fingerprint density at radius 2 is 2.26 bits per heavy atom. The third-order valence-corrected chi connectivity index (χ3v) is 2.77. The number of aromatic amines is 1. The van der Waals surface area contributed by atoms with Crippen LogP contribution in [0.3, 0.4) is 0 Å². The van der Waals surface area contributed by atoms with Gasteiger partial charge in [-0.2, -0.15) is 20.5 Å². The maximum absolute atomic E-state index is 11.8. The normalized spacial score (nSPS) is 10.8. The highest BCUT2D eigenvalue weighted by atomic mass is 16.2. The Morgan fingerprint density at radius 1 is 1.42 bits per heavy atom. The highest BCUT2D eigenvalue weighted by Gasteiger charge is 2.11. The van der Waals surface area contributed by atoms with E-state index in [1.54, 1.807) is 10.9 Å². The molecule has 0 fully saturated rings. The van der Waals surface area contributed by atoms with Crippen LogP contribution >= 0.6 is 0 Å². The molecule has 96 valence electrons. The summed E-state index contributed by atoms with van der Waals surface area (Å²) >= 11 is 0. The van der Waals surface area contributed by atoms with E-state index in [0.717, 1.165) is 16.7 Å². The topological polar surface area (TPSA) is 101 Å². The highest BCUT2D eigenvalue weighted by Crippen LogP contribution is 2.19. The second kappa shape index (κ2) is 4.16. The van der Waals surface area contributed by atoms with Gasteiger partial charge >= 0.3 is 0 Å². The van der Waals surface area contributed by atoms with Crippen molar-refractivity contribution in [3.8, 4) is 0 Å². The average molecular weight is 257 g/mol. The molecular weight excluding hydrogens is 246 g/mol. The molecule has 3 aromatic heterocycles. The molecule has 0 bridgehead atoms. The molecule has 19 heavy (non-hydrogen) atoms. The number of amides is 1. The lowest BCUT2D eigenvalue weighted by Gasteiger charge is -2.02. The zero-order valence-corrected chi connectivity index (χ0v) is 10.4. The molecule has 2 N–H and O–H groups in total. The zero-order valence-electron chi connectivity index (χ0n) is 10.4. The molecule has 3 aromatic rings. The van der Waals surface area contributed by atoms with Gasteiger partial charge in [0.15, 0.2) is 11.3 Å². The van der Waals surface area contributed by atoms with Crippen LogP contribution in [0, 0.1) is 6.92 Å². The SMILES string of the molecule is Cc1nn(C)c2ncc(NC(=O)c3cn[nH]n3)cc12. The van der Waals surface area contributed by atoms with Gasteiger partial charge in [-0.3, -0.25) is 9.48 Å². The van der Waals surface area contributed by atoms with Gasteiger partial charge in [0, 0.05) is 12.4 Å². The van der Waals surface area contributed by atoms with Crippen molar-refractivity contribution >= 4 is 22.6 Å². The van der Waals surface area contributed by atoms with E-state index in [1.165, 1.54) is 6.20 Å². The van der Waals surface area contributed by atoms with E-state index in [9.17, 15) is 4.79 Å². The van der Waals surface area contributed by atoms with Crippen molar-refractivity contribution in [1.82, 2.24) is 30.2 Å². The molecule has 0 aliphatic rings. The van der Waals surface area contributed by atoms with Gasteiger partial charge in [0.2, 0.25) is 0 Å². The predicted octanol–water partition coefficient (Wildman–Crippen LogP) is 0.647. The molecule has 8 nitrogen and oxygen atoms in total. The molecular formula is C11H11N7O. The maximum atomic E-state index is 11.8. The number of H-pyrrole nitrogens is 1. The summed E-state index contributed by atoms with van der Waals surface area (Å²) in [5, 5.41) is 17.6. The zero-order chi connectivity index (χ0) is 13.4. The number of rotatable bonds is 2. The minimum atomic E-state index is -0.337. The minimum Gasteiger partial charge on any atom is -0.319 e. The second-order valence-corrected chi connectivity index (χ2v) is 4.11. The van der Waals surface area contributed by atoms with Gasteiger partial charge in [-0.25, -0.2) is 4.98 Å². The second-order valence-electron chi connectivity index (χ2n) is 4.11. The molecule has 3 rings (SSSR count). The Bertz CT molecular complexity index is 744. The fraction of sp³-hybridized carbons (Fsp3) is 0.182. The fourth-order valence-corrected chi connectivity index (χ4v) is 1.88. The summed E-state index contributed by atoms with van der Waals surface area (Å²) in [5.41, 5.74) is 2.46. The molecule has 0 aliphatic carbocycles. The number of nitrogens with zero attached hydrogens (tertiary/aromatic N) is 5. The first-order chi connectivity index (χ1) is 9.15. The van der Waals surface area contributed by atoms with Crippen LogP contribution in [0.15, 0.2) is 18.5 Å². The van der Waals surface area contributed by atoms with Crippen molar-refractivity contribution in [2.75, 3.05) is 5.32 Å². The van der Waals surface area contributed by atoms with Crippen LogP contribution in [-0.4, -0.2) is 36.1 Å². The van der Waals surface area contributed by atoms with Crippen LogP contribution in [0.1, 0.15) is 16.2 Å². The van der Waals surface area contributed by atoms with Crippen molar-refractivity contribution < 1.29 is 4.79 Å². The number of fused-ring (bicyclic) bond motifs is 1. The molecule has 0 aliphatic heterocycles. The van der Waals surface area contributed by atoms with Crippen molar-refractivity contribution in [2.24, 2.45) is 7.05 Å². The number of carbonyl (C=O) groups excluding carboxylic acids is 1. The summed E-state index contributed by atoms with van der Waals surface area (Å²) in [6.45, 7) is 1.90. The van der Waals surface area contributed by atoms with Gasteiger partial charge in [-0.1, -0.05) is 0 Å². The van der Waals surface area contributed by atoms with Crippen LogP contribution in [0.25, 0.3) is 11.0 Å². The van der Waals surface area contributed by atoms with E-state index < -0.39 is 0 Å². The Balaban J connectivity index is 1.94. The monoisotopic (exact) mass is 257 g/mol. The summed E-state index contributed by atoms with van der Waals surface area (Å²) in [5.74, 6) is -0.337. The van der Waals surface area contributed by atoms with Crippen molar-refractivity contribution in [3.63, 3.8) is 0 Å². The molecule has 0 aromatic carbocycles. The smallest absolute Gasteiger partial charge is 0.277 e. The van der Waals surface area contributed by atoms with Crippen LogP contribution in [0.5, 0.6) is 0 Å². The number of pyridine rings is 1. The summed E-state index contributed by atoms with van der Waals surface area (Å²) in [6, 6.07) is 1.84. The average Bonchev–Trinajstić information content (AvgIpc) is 2.99. The Morgan fingerprint density at radius 3 is 3.00 bits per heavy atom. The van der Waals surface area contributed by atoms with E-state index in [0.29, 0.717) is 5.69 Å². The van der Waals surface area contributed by atoms with E-state index in [2.05, 4.69) is 30.8 Å². The largest absolute Gasteiger partial charge is 0.319 e. The fourth-order valence-electron chi connectivity index (χ4n) is 1.88. The van der Waals surface area contributed by atoms with Crippen molar-refractivity contribution in [1.29, 1.82) is 0 Å². The summed E-state index contributed by atoms with van der Waals surface area (Å²) in [6.07, 6.45) is 2.94. The third-order valence-electron chi connectivity index (χ3n) is 2.77. The first-order valence-corrected chi connectivity index (χ1v) is 5.61. The number of hydrogen-bond acceptors (Lipinski definition) is 5. The molecule has 0 unspecified atom stereocenters. The lowest BCUT2D eigenvalue weighted by Crippen LogP contribution is -2.12. The summed E-state index contributed by atoms with van der Waals surface area (Å²) in [4.78, 5) is 16.1. The quantitative estimate of drug-likeness (QED) is 0.701. The summed E-state index contributed by atoms with van der Waals surface area (Å²) in [7, 11) is 1.83. The standard InChI is InChI=1S/C11H11N7O/c1-6-8-3-7(4-12-10(8)18(2)16-6)14-11(19)9-5-13-17-15-9/h3-5H,1-2H3,(H,14,19)(H,13,15,17).